The molecule has 6 heteroatoms. The Morgan fingerprint density at radius 2 is 1.87 bits per heavy atom. The molecule has 2 aromatic rings. The van der Waals surface area contributed by atoms with Crippen molar-refractivity contribution in [2.75, 3.05) is 0 Å². The van der Waals surface area contributed by atoms with Gasteiger partial charge in [-0.2, -0.15) is 0 Å². The van der Waals surface area contributed by atoms with Crippen molar-refractivity contribution in [1.29, 1.82) is 0 Å². The van der Waals surface area contributed by atoms with Crippen molar-refractivity contribution in [2.45, 2.75) is 6.61 Å². The molecule has 3 rings (SSSR count). The van der Waals surface area contributed by atoms with Crippen molar-refractivity contribution < 1.29 is 14.3 Å². The van der Waals surface area contributed by atoms with E-state index in [1.54, 1.807) is 24.3 Å². The maximum absolute atomic E-state index is 11.6. The van der Waals surface area contributed by atoms with E-state index in [0.717, 1.165) is 17.3 Å². The molecule has 116 valence electrons. The number of rotatable bonds is 4. The van der Waals surface area contributed by atoms with Crippen molar-refractivity contribution >= 4 is 40.6 Å². The second-order valence-electron chi connectivity index (χ2n) is 4.79. The van der Waals surface area contributed by atoms with E-state index < -0.39 is 5.91 Å². The number of ether oxygens (including phenoxy) is 1. The van der Waals surface area contributed by atoms with E-state index in [2.05, 4.69) is 5.32 Å². The number of hydrogen-bond donors (Lipinski definition) is 1. The fourth-order valence-corrected chi connectivity index (χ4v) is 2.96. The first-order valence-electron chi connectivity index (χ1n) is 6.83. The molecule has 0 atom stereocenters. The van der Waals surface area contributed by atoms with Crippen LogP contribution in [-0.2, 0) is 11.4 Å². The number of nitrogens with one attached hydrogen (secondary N) is 1. The number of halogens is 1. The predicted molar refractivity (Wildman–Crippen MR) is 91.3 cm³/mol. The van der Waals surface area contributed by atoms with Gasteiger partial charge in [0.05, 0.1) is 9.93 Å². The number of thioether (sulfide) groups is 1. The quantitative estimate of drug-likeness (QED) is 0.842. The fraction of sp³-hybridized carbons (Fsp3) is 0.0588. The van der Waals surface area contributed by atoms with Gasteiger partial charge in [-0.1, -0.05) is 54.1 Å². The molecular weight excluding hydrogens is 334 g/mol. The molecular formula is C17H12ClNO3S. The lowest BCUT2D eigenvalue weighted by atomic mass is 10.2. The van der Waals surface area contributed by atoms with Crippen LogP contribution in [0.4, 0.5) is 4.79 Å². The molecule has 4 nitrogen and oxygen atoms in total. The number of hydrogen-bond acceptors (Lipinski definition) is 4. The molecule has 1 aliphatic heterocycles. The summed E-state index contributed by atoms with van der Waals surface area (Å²) in [5, 5.41) is 2.24. The van der Waals surface area contributed by atoms with Crippen molar-refractivity contribution in [3.05, 3.63) is 69.6 Å². The molecule has 0 saturated carbocycles. The Kier molecular flexibility index (Phi) is 4.69. The summed E-state index contributed by atoms with van der Waals surface area (Å²) in [5.41, 5.74) is 1.66. The van der Waals surface area contributed by atoms with E-state index in [9.17, 15) is 9.59 Å². The van der Waals surface area contributed by atoms with Gasteiger partial charge in [0.15, 0.2) is 0 Å². The molecule has 0 aromatic heterocycles. The number of amides is 2. The van der Waals surface area contributed by atoms with Crippen LogP contribution in [0.2, 0.25) is 5.02 Å². The highest BCUT2D eigenvalue weighted by Crippen LogP contribution is 2.33. The minimum absolute atomic E-state index is 0.317. The van der Waals surface area contributed by atoms with Gasteiger partial charge >= 0.3 is 0 Å². The second-order valence-corrected chi connectivity index (χ2v) is 6.18. The fourth-order valence-electron chi connectivity index (χ4n) is 2.05. The third-order valence-corrected chi connectivity index (χ3v) is 4.37. The molecule has 2 amide bonds. The van der Waals surface area contributed by atoms with E-state index in [0.29, 0.717) is 27.8 Å². The van der Waals surface area contributed by atoms with E-state index in [4.69, 9.17) is 16.3 Å². The van der Waals surface area contributed by atoms with Gasteiger partial charge in [-0.3, -0.25) is 14.9 Å². The second kappa shape index (κ2) is 6.89. The van der Waals surface area contributed by atoms with Crippen LogP contribution in [0.5, 0.6) is 5.75 Å². The van der Waals surface area contributed by atoms with Gasteiger partial charge in [0.2, 0.25) is 0 Å². The molecule has 0 bridgehead atoms. The molecule has 1 fully saturated rings. The third-order valence-electron chi connectivity index (χ3n) is 3.16. The van der Waals surface area contributed by atoms with Crippen molar-refractivity contribution in [3.63, 3.8) is 0 Å². The number of imide groups is 1. The van der Waals surface area contributed by atoms with Crippen LogP contribution >= 0.6 is 23.4 Å². The van der Waals surface area contributed by atoms with Crippen LogP contribution in [0, 0.1) is 0 Å². The standard InChI is InChI=1S/C17H12ClNO3S/c18-15-12(9-14-16(20)19-17(21)23-14)7-4-8-13(15)22-10-11-5-2-1-3-6-11/h1-9H,10H2,(H,19,20,21)/b14-9-. The summed E-state index contributed by atoms with van der Waals surface area (Å²) in [6, 6.07) is 15.1. The van der Waals surface area contributed by atoms with Crippen molar-refractivity contribution in [3.8, 4) is 5.75 Å². The zero-order valence-electron chi connectivity index (χ0n) is 11.9. The zero-order valence-corrected chi connectivity index (χ0v) is 13.5. The lowest BCUT2D eigenvalue weighted by molar-refractivity contribution is -0.115. The predicted octanol–water partition coefficient (Wildman–Crippen LogP) is 4.24. The molecule has 1 heterocycles. The smallest absolute Gasteiger partial charge is 0.290 e. The molecule has 0 aliphatic carbocycles. The van der Waals surface area contributed by atoms with Crippen LogP contribution in [0.1, 0.15) is 11.1 Å². The summed E-state index contributed by atoms with van der Waals surface area (Å²) in [7, 11) is 0. The zero-order chi connectivity index (χ0) is 16.2. The van der Waals surface area contributed by atoms with Gasteiger partial charge in [-0.15, -0.1) is 0 Å². The summed E-state index contributed by atoms with van der Waals surface area (Å²) in [6.07, 6.45) is 1.59. The molecule has 0 radical (unpaired) electrons. The monoisotopic (exact) mass is 345 g/mol. The van der Waals surface area contributed by atoms with Crippen LogP contribution in [-0.4, -0.2) is 11.1 Å². The normalized spacial score (nSPS) is 15.8. The molecule has 0 unspecified atom stereocenters. The van der Waals surface area contributed by atoms with E-state index in [-0.39, 0.29) is 5.24 Å². The van der Waals surface area contributed by atoms with E-state index in [1.807, 2.05) is 30.3 Å². The van der Waals surface area contributed by atoms with Crippen LogP contribution < -0.4 is 10.1 Å². The first-order chi connectivity index (χ1) is 11.1. The first kappa shape index (κ1) is 15.6. The Labute approximate surface area is 142 Å². The number of carbonyl (C=O) groups excluding carboxylic acids is 2. The summed E-state index contributed by atoms with van der Waals surface area (Å²) in [5.74, 6) is 0.117. The van der Waals surface area contributed by atoms with Gasteiger partial charge < -0.3 is 4.74 Å². The van der Waals surface area contributed by atoms with Gasteiger partial charge in [-0.25, -0.2) is 0 Å². The summed E-state index contributed by atoms with van der Waals surface area (Å²) >= 11 is 7.20. The average molecular weight is 346 g/mol. The Balaban J connectivity index is 1.80. The lowest BCUT2D eigenvalue weighted by Gasteiger charge is -2.10. The van der Waals surface area contributed by atoms with Crippen LogP contribution in [0.15, 0.2) is 53.4 Å². The Hall–Kier alpha value is -2.24. The van der Waals surface area contributed by atoms with Gasteiger partial charge in [0.1, 0.15) is 12.4 Å². The largest absolute Gasteiger partial charge is 0.487 e. The maximum atomic E-state index is 11.6. The molecule has 0 spiro atoms. The average Bonchev–Trinajstić information content (AvgIpc) is 2.87. The highest BCUT2D eigenvalue weighted by atomic mass is 35.5. The highest BCUT2D eigenvalue weighted by molar-refractivity contribution is 8.18. The minimum Gasteiger partial charge on any atom is -0.487 e. The van der Waals surface area contributed by atoms with E-state index in [1.165, 1.54) is 0 Å². The molecule has 1 N–H and O–H groups in total. The Morgan fingerprint density at radius 3 is 2.57 bits per heavy atom. The SMILES string of the molecule is O=C1NC(=O)/C(=C/c2cccc(OCc3ccccc3)c2Cl)S1. The number of benzene rings is 2. The third kappa shape index (κ3) is 3.75. The Morgan fingerprint density at radius 1 is 1.09 bits per heavy atom. The van der Waals surface area contributed by atoms with Crippen LogP contribution in [0.25, 0.3) is 6.08 Å². The van der Waals surface area contributed by atoms with Gasteiger partial charge in [0, 0.05) is 0 Å². The van der Waals surface area contributed by atoms with E-state index >= 15 is 0 Å². The first-order valence-corrected chi connectivity index (χ1v) is 8.03. The summed E-state index contributed by atoms with van der Waals surface area (Å²) in [6.45, 7) is 0.397. The molecule has 1 aliphatic rings. The maximum Gasteiger partial charge on any atom is 0.290 e. The lowest BCUT2D eigenvalue weighted by Crippen LogP contribution is -2.17. The summed E-state index contributed by atoms with van der Waals surface area (Å²) < 4.78 is 5.74. The molecule has 1 saturated heterocycles. The van der Waals surface area contributed by atoms with Crippen molar-refractivity contribution in [1.82, 2.24) is 5.32 Å². The minimum atomic E-state index is -0.410. The molecule has 23 heavy (non-hydrogen) atoms. The van der Waals surface area contributed by atoms with Gasteiger partial charge in [-0.05, 0) is 35.0 Å². The highest BCUT2D eigenvalue weighted by Gasteiger charge is 2.25. The van der Waals surface area contributed by atoms with Crippen LogP contribution in [0.3, 0.4) is 0 Å². The topological polar surface area (TPSA) is 55.4 Å². The summed E-state index contributed by atoms with van der Waals surface area (Å²) in [4.78, 5) is 23.1. The Bertz CT molecular complexity index is 790. The van der Waals surface area contributed by atoms with Crippen molar-refractivity contribution in [2.24, 2.45) is 0 Å². The molecule has 2 aromatic carbocycles. The number of carbonyl (C=O) groups is 2. The van der Waals surface area contributed by atoms with Gasteiger partial charge in [0.25, 0.3) is 11.1 Å².